The quantitative estimate of drug-likeness (QED) is 0.686. The van der Waals surface area contributed by atoms with Gasteiger partial charge in [-0.2, -0.15) is 0 Å². The minimum atomic E-state index is -0.675. The first kappa shape index (κ1) is 23.4. The Labute approximate surface area is 199 Å². The third-order valence-corrected chi connectivity index (χ3v) is 6.62. The maximum Gasteiger partial charge on any atom is 0.322 e. The number of urea groups is 1. The highest BCUT2D eigenvalue weighted by Crippen LogP contribution is 2.37. The number of methoxy groups -OCH3 is 1. The van der Waals surface area contributed by atoms with Crippen LogP contribution in [0.1, 0.15) is 24.1 Å². The van der Waals surface area contributed by atoms with Crippen LogP contribution in [0, 0.1) is 0 Å². The summed E-state index contributed by atoms with van der Waals surface area (Å²) in [7, 11) is 4.98. The molecular weight excluding hydrogens is 432 g/mol. The van der Waals surface area contributed by atoms with Crippen LogP contribution in [-0.2, 0) is 16.0 Å². The topological polar surface area (TPSA) is 82.2 Å². The van der Waals surface area contributed by atoms with Crippen molar-refractivity contribution in [2.24, 2.45) is 0 Å². The van der Waals surface area contributed by atoms with E-state index in [4.69, 9.17) is 4.74 Å². The van der Waals surface area contributed by atoms with Crippen molar-refractivity contribution in [2.45, 2.75) is 25.4 Å². The van der Waals surface area contributed by atoms with Crippen molar-refractivity contribution >= 4 is 17.8 Å². The van der Waals surface area contributed by atoms with Gasteiger partial charge >= 0.3 is 6.03 Å². The lowest BCUT2D eigenvalue weighted by Gasteiger charge is -2.31. The van der Waals surface area contributed by atoms with Crippen LogP contribution in [0.3, 0.4) is 0 Å². The Bertz CT molecular complexity index is 1110. The molecule has 2 heterocycles. The Hall–Kier alpha value is -3.81. The molecule has 2 aliphatic heterocycles. The fourth-order valence-electron chi connectivity index (χ4n) is 4.46. The Morgan fingerprint density at radius 3 is 2.44 bits per heavy atom. The molecule has 0 saturated heterocycles. The predicted molar refractivity (Wildman–Crippen MR) is 128 cm³/mol. The highest BCUT2D eigenvalue weighted by atomic mass is 16.5. The maximum absolute atomic E-state index is 13.8. The molecule has 8 nitrogen and oxygen atoms in total. The van der Waals surface area contributed by atoms with Crippen molar-refractivity contribution in [1.82, 2.24) is 20.0 Å². The zero-order valence-corrected chi connectivity index (χ0v) is 19.9. The number of amides is 4. The number of carbonyl (C=O) groups is 3. The monoisotopic (exact) mass is 462 g/mol. The van der Waals surface area contributed by atoms with Crippen molar-refractivity contribution < 1.29 is 19.1 Å². The van der Waals surface area contributed by atoms with Crippen LogP contribution in [0.25, 0.3) is 0 Å². The van der Waals surface area contributed by atoms with Gasteiger partial charge in [0, 0.05) is 27.1 Å². The number of likely N-dealkylation sites (N-methyl/N-ethyl adjacent to an activating group) is 2. The second-order valence-corrected chi connectivity index (χ2v) is 8.57. The smallest absolute Gasteiger partial charge is 0.322 e. The SMILES string of the molecule is CCN(C)C(=O)C(Cc1ccccc1)N1CC2=C(C1=O)C(c1ccc(OC)cc1)NC(=O)N2C. The van der Waals surface area contributed by atoms with Crippen LogP contribution in [0.5, 0.6) is 5.75 Å². The van der Waals surface area contributed by atoms with Crippen LogP contribution in [0.2, 0.25) is 0 Å². The highest BCUT2D eigenvalue weighted by molar-refractivity contribution is 6.03. The minimum absolute atomic E-state index is 0.123. The van der Waals surface area contributed by atoms with Gasteiger partial charge in [-0.15, -0.1) is 0 Å². The number of hydrogen-bond acceptors (Lipinski definition) is 4. The van der Waals surface area contributed by atoms with Crippen molar-refractivity contribution in [1.29, 1.82) is 0 Å². The summed E-state index contributed by atoms with van der Waals surface area (Å²) in [4.78, 5) is 44.7. The van der Waals surface area contributed by atoms with E-state index in [0.29, 0.717) is 30.0 Å². The normalized spacial score (nSPS) is 18.5. The first-order valence-electron chi connectivity index (χ1n) is 11.4. The van der Waals surface area contributed by atoms with E-state index in [1.807, 2.05) is 49.4 Å². The van der Waals surface area contributed by atoms with E-state index < -0.39 is 12.1 Å². The van der Waals surface area contributed by atoms with E-state index in [1.54, 1.807) is 43.1 Å². The number of rotatable bonds is 7. The summed E-state index contributed by atoms with van der Waals surface area (Å²) in [5.41, 5.74) is 2.87. The first-order valence-corrected chi connectivity index (χ1v) is 11.4. The van der Waals surface area contributed by atoms with E-state index in [9.17, 15) is 14.4 Å². The molecule has 2 unspecified atom stereocenters. The zero-order chi connectivity index (χ0) is 24.4. The second kappa shape index (κ2) is 9.59. The molecule has 0 spiro atoms. The minimum Gasteiger partial charge on any atom is -0.497 e. The average Bonchev–Trinajstić information content (AvgIpc) is 3.21. The molecule has 0 radical (unpaired) electrons. The van der Waals surface area contributed by atoms with E-state index in [-0.39, 0.29) is 24.4 Å². The van der Waals surface area contributed by atoms with Crippen LogP contribution in [0.15, 0.2) is 65.9 Å². The summed E-state index contributed by atoms with van der Waals surface area (Å²) in [6.07, 6.45) is 0.397. The van der Waals surface area contributed by atoms with Gasteiger partial charge in [-0.3, -0.25) is 14.5 Å². The van der Waals surface area contributed by atoms with Crippen molar-refractivity contribution in [2.75, 3.05) is 34.3 Å². The summed E-state index contributed by atoms with van der Waals surface area (Å²) in [6, 6.07) is 15.4. The third-order valence-electron chi connectivity index (χ3n) is 6.62. The number of carbonyl (C=O) groups excluding carboxylic acids is 3. The molecule has 2 aliphatic rings. The zero-order valence-electron chi connectivity index (χ0n) is 19.9. The molecule has 0 aliphatic carbocycles. The molecule has 1 N–H and O–H groups in total. The highest BCUT2D eigenvalue weighted by Gasteiger charge is 2.46. The second-order valence-electron chi connectivity index (χ2n) is 8.57. The van der Waals surface area contributed by atoms with Gasteiger partial charge in [0.15, 0.2) is 0 Å². The summed E-state index contributed by atoms with van der Waals surface area (Å²) >= 11 is 0. The van der Waals surface area contributed by atoms with Gasteiger partial charge in [-0.1, -0.05) is 42.5 Å². The average molecular weight is 463 g/mol. The van der Waals surface area contributed by atoms with E-state index in [0.717, 1.165) is 11.1 Å². The standard InChI is InChI=1S/C26H30N4O4/c1-5-28(2)24(31)20(15-17-9-7-6-8-10-17)30-16-21-22(25(30)32)23(27-26(33)29(21)3)18-11-13-19(34-4)14-12-18/h6-14,20,23H,5,15-16H2,1-4H3,(H,27,33). The molecule has 4 rings (SSSR count). The molecule has 8 heteroatoms. The van der Waals surface area contributed by atoms with Gasteiger partial charge < -0.3 is 19.9 Å². The lowest BCUT2D eigenvalue weighted by atomic mass is 9.95. The summed E-state index contributed by atoms with van der Waals surface area (Å²) in [5.74, 6) is 0.330. The van der Waals surface area contributed by atoms with Crippen molar-refractivity contribution in [3.05, 3.63) is 77.0 Å². The molecule has 34 heavy (non-hydrogen) atoms. The molecule has 2 aromatic carbocycles. The molecule has 0 fully saturated rings. The lowest BCUT2D eigenvalue weighted by Crippen LogP contribution is -2.50. The molecular formula is C26H30N4O4. The molecule has 4 amide bonds. The van der Waals surface area contributed by atoms with E-state index in [1.165, 1.54) is 4.90 Å². The van der Waals surface area contributed by atoms with Gasteiger partial charge in [0.25, 0.3) is 5.91 Å². The van der Waals surface area contributed by atoms with Crippen LogP contribution in [0.4, 0.5) is 4.79 Å². The Balaban J connectivity index is 1.70. The van der Waals surface area contributed by atoms with Crippen LogP contribution < -0.4 is 10.1 Å². The van der Waals surface area contributed by atoms with Gasteiger partial charge in [0.05, 0.1) is 31.0 Å². The molecule has 0 aromatic heterocycles. The summed E-state index contributed by atoms with van der Waals surface area (Å²) in [6.45, 7) is 2.64. The summed E-state index contributed by atoms with van der Waals surface area (Å²) in [5, 5.41) is 2.94. The maximum atomic E-state index is 13.8. The predicted octanol–water partition coefficient (Wildman–Crippen LogP) is 2.58. The molecule has 0 bridgehead atoms. The number of ether oxygens (including phenoxy) is 1. The summed E-state index contributed by atoms with van der Waals surface area (Å²) < 4.78 is 5.24. The van der Waals surface area contributed by atoms with Crippen molar-refractivity contribution in [3.8, 4) is 5.75 Å². The first-order chi connectivity index (χ1) is 16.3. The van der Waals surface area contributed by atoms with E-state index >= 15 is 0 Å². The molecule has 178 valence electrons. The largest absolute Gasteiger partial charge is 0.497 e. The molecule has 2 aromatic rings. The van der Waals surface area contributed by atoms with Gasteiger partial charge in [0.2, 0.25) is 5.91 Å². The third kappa shape index (κ3) is 4.23. The van der Waals surface area contributed by atoms with Crippen LogP contribution in [-0.4, -0.2) is 72.9 Å². The Kier molecular flexibility index (Phi) is 6.58. The Morgan fingerprint density at radius 1 is 1.15 bits per heavy atom. The number of benzene rings is 2. The fraction of sp³-hybridized carbons (Fsp3) is 0.346. The fourth-order valence-corrected chi connectivity index (χ4v) is 4.46. The number of hydrogen-bond donors (Lipinski definition) is 1. The van der Waals surface area contributed by atoms with Crippen molar-refractivity contribution in [3.63, 3.8) is 0 Å². The Morgan fingerprint density at radius 2 is 1.82 bits per heavy atom. The molecule has 2 atom stereocenters. The van der Waals surface area contributed by atoms with Crippen LogP contribution >= 0.6 is 0 Å². The molecule has 0 saturated carbocycles. The van der Waals surface area contributed by atoms with Gasteiger partial charge in [-0.25, -0.2) is 4.79 Å². The lowest BCUT2D eigenvalue weighted by molar-refractivity contribution is -0.141. The number of nitrogens with one attached hydrogen (secondary N) is 1. The van der Waals surface area contributed by atoms with E-state index in [2.05, 4.69) is 5.32 Å². The van der Waals surface area contributed by atoms with Gasteiger partial charge in [0.1, 0.15) is 11.8 Å². The van der Waals surface area contributed by atoms with Gasteiger partial charge in [-0.05, 0) is 30.2 Å². The number of nitrogens with zero attached hydrogens (tertiary/aromatic N) is 3.